The average molecular weight is 277 g/mol. The largest absolute Gasteiger partial charge is 0.479 e. The molecule has 15 heavy (non-hydrogen) atoms. The molecule has 0 heterocycles. The summed E-state index contributed by atoms with van der Waals surface area (Å²) in [5.41, 5.74) is 0.586. The minimum atomic E-state index is -1.04. The number of carboxylic acid groups (broad SMARTS) is 1. The topological polar surface area (TPSA) is 46.5 Å². The Morgan fingerprint density at radius 3 is 2.93 bits per heavy atom. The van der Waals surface area contributed by atoms with Gasteiger partial charge in [0, 0.05) is 0 Å². The maximum atomic E-state index is 13.0. The van der Waals surface area contributed by atoms with Crippen LogP contribution in [-0.2, 0) is 16.1 Å². The van der Waals surface area contributed by atoms with E-state index in [1.165, 1.54) is 13.0 Å². The van der Waals surface area contributed by atoms with E-state index in [4.69, 9.17) is 9.84 Å². The molecule has 0 bridgehead atoms. The predicted octanol–water partition coefficient (Wildman–Crippen LogP) is 2.58. The van der Waals surface area contributed by atoms with Crippen molar-refractivity contribution in [3.05, 3.63) is 34.1 Å². The molecule has 0 unspecified atom stereocenters. The highest BCUT2D eigenvalue weighted by Crippen LogP contribution is 2.21. The third kappa shape index (κ3) is 3.28. The molecule has 3 nitrogen and oxygen atoms in total. The highest BCUT2D eigenvalue weighted by Gasteiger charge is 2.12. The van der Waals surface area contributed by atoms with Crippen molar-refractivity contribution in [3.8, 4) is 0 Å². The van der Waals surface area contributed by atoms with Crippen molar-refractivity contribution in [1.29, 1.82) is 0 Å². The van der Waals surface area contributed by atoms with Crippen LogP contribution in [0.25, 0.3) is 0 Å². The fourth-order valence-corrected chi connectivity index (χ4v) is 1.32. The minimum absolute atomic E-state index is 0.0613. The summed E-state index contributed by atoms with van der Waals surface area (Å²) < 4.78 is 18.4. The van der Waals surface area contributed by atoms with E-state index < -0.39 is 12.1 Å². The quantitative estimate of drug-likeness (QED) is 0.920. The van der Waals surface area contributed by atoms with Crippen LogP contribution in [0.15, 0.2) is 22.7 Å². The first-order chi connectivity index (χ1) is 7.02. The SMILES string of the molecule is C[C@H](OCc1cccc(F)c1Br)C(=O)O. The van der Waals surface area contributed by atoms with Crippen molar-refractivity contribution in [2.75, 3.05) is 0 Å². The average Bonchev–Trinajstić information content (AvgIpc) is 2.19. The Balaban J connectivity index is 2.66. The zero-order valence-corrected chi connectivity index (χ0v) is 9.62. The van der Waals surface area contributed by atoms with Crippen LogP contribution < -0.4 is 0 Å². The summed E-state index contributed by atoms with van der Waals surface area (Å²) in [6, 6.07) is 4.53. The molecule has 82 valence electrons. The third-order valence-corrected chi connectivity index (χ3v) is 2.76. The van der Waals surface area contributed by atoms with E-state index in [2.05, 4.69) is 15.9 Å². The molecule has 0 spiro atoms. The molecule has 0 radical (unpaired) electrons. The smallest absolute Gasteiger partial charge is 0.332 e. The van der Waals surface area contributed by atoms with Gasteiger partial charge in [0.15, 0.2) is 6.10 Å². The summed E-state index contributed by atoms with van der Waals surface area (Å²) in [5, 5.41) is 8.57. The lowest BCUT2D eigenvalue weighted by Gasteiger charge is -2.09. The molecular weight excluding hydrogens is 267 g/mol. The Labute approximate surface area is 95.0 Å². The Kier molecular flexibility index (Phi) is 4.23. The fourth-order valence-electron chi connectivity index (χ4n) is 0.946. The van der Waals surface area contributed by atoms with Crippen molar-refractivity contribution in [2.24, 2.45) is 0 Å². The summed E-state index contributed by atoms with van der Waals surface area (Å²) in [7, 11) is 0. The van der Waals surface area contributed by atoms with Gasteiger partial charge in [-0.1, -0.05) is 12.1 Å². The molecule has 0 aliphatic heterocycles. The minimum Gasteiger partial charge on any atom is -0.479 e. The van der Waals surface area contributed by atoms with Gasteiger partial charge in [-0.25, -0.2) is 9.18 Å². The molecule has 0 fully saturated rings. The Hall–Kier alpha value is -0.940. The first-order valence-corrected chi connectivity index (χ1v) is 5.09. The van der Waals surface area contributed by atoms with Gasteiger partial charge in [0.2, 0.25) is 0 Å². The maximum absolute atomic E-state index is 13.0. The number of hydrogen-bond acceptors (Lipinski definition) is 2. The number of carbonyl (C=O) groups is 1. The highest BCUT2D eigenvalue weighted by atomic mass is 79.9. The van der Waals surface area contributed by atoms with Crippen molar-refractivity contribution in [2.45, 2.75) is 19.6 Å². The predicted molar refractivity (Wildman–Crippen MR) is 56.0 cm³/mol. The number of aliphatic carboxylic acids is 1. The van der Waals surface area contributed by atoms with Crippen molar-refractivity contribution in [1.82, 2.24) is 0 Å². The molecule has 1 aromatic carbocycles. The van der Waals surface area contributed by atoms with Crippen LogP contribution in [0.3, 0.4) is 0 Å². The van der Waals surface area contributed by atoms with Crippen molar-refractivity contribution < 1.29 is 19.0 Å². The molecule has 0 aliphatic rings. The van der Waals surface area contributed by atoms with Crippen LogP contribution in [-0.4, -0.2) is 17.2 Å². The van der Waals surface area contributed by atoms with Gasteiger partial charge in [0.05, 0.1) is 11.1 Å². The van der Waals surface area contributed by atoms with Gasteiger partial charge in [0.25, 0.3) is 0 Å². The number of halogens is 2. The van der Waals surface area contributed by atoms with Gasteiger partial charge in [-0.15, -0.1) is 0 Å². The lowest BCUT2D eigenvalue weighted by molar-refractivity contribution is -0.149. The van der Waals surface area contributed by atoms with E-state index >= 15 is 0 Å². The molecule has 0 aromatic heterocycles. The Morgan fingerprint density at radius 2 is 2.33 bits per heavy atom. The van der Waals surface area contributed by atoms with E-state index in [0.29, 0.717) is 10.0 Å². The van der Waals surface area contributed by atoms with Gasteiger partial charge >= 0.3 is 5.97 Å². The summed E-state index contributed by atoms with van der Waals surface area (Å²) in [6.45, 7) is 1.49. The fraction of sp³-hybridized carbons (Fsp3) is 0.300. The first-order valence-electron chi connectivity index (χ1n) is 4.29. The zero-order valence-electron chi connectivity index (χ0n) is 8.04. The molecular formula is C10H10BrFO3. The van der Waals surface area contributed by atoms with E-state index in [-0.39, 0.29) is 12.4 Å². The van der Waals surface area contributed by atoms with Crippen LogP contribution in [0, 0.1) is 5.82 Å². The Bertz CT molecular complexity index is 368. The highest BCUT2D eigenvalue weighted by molar-refractivity contribution is 9.10. The van der Waals surface area contributed by atoms with Gasteiger partial charge in [-0.3, -0.25) is 0 Å². The monoisotopic (exact) mass is 276 g/mol. The van der Waals surface area contributed by atoms with Gasteiger partial charge in [0.1, 0.15) is 5.82 Å². The number of carboxylic acids is 1. The second kappa shape index (κ2) is 5.23. The van der Waals surface area contributed by atoms with Gasteiger partial charge in [-0.05, 0) is 34.5 Å². The van der Waals surface area contributed by atoms with Crippen LogP contribution >= 0.6 is 15.9 Å². The van der Waals surface area contributed by atoms with E-state index in [0.717, 1.165) is 0 Å². The number of rotatable bonds is 4. The summed E-state index contributed by atoms with van der Waals surface area (Å²) >= 11 is 3.06. The van der Waals surface area contributed by atoms with Gasteiger partial charge < -0.3 is 9.84 Å². The van der Waals surface area contributed by atoms with E-state index in [9.17, 15) is 9.18 Å². The molecule has 1 atom stereocenters. The van der Waals surface area contributed by atoms with E-state index in [1.54, 1.807) is 12.1 Å². The molecule has 0 amide bonds. The summed E-state index contributed by atoms with van der Waals surface area (Å²) in [4.78, 5) is 10.5. The molecule has 1 aromatic rings. The first kappa shape index (κ1) is 12.1. The molecule has 1 N–H and O–H groups in total. The molecule has 0 saturated heterocycles. The standard InChI is InChI=1S/C10H10BrFO3/c1-6(10(13)14)15-5-7-3-2-4-8(12)9(7)11/h2-4,6H,5H2,1H3,(H,13,14)/t6-/m0/s1. The normalized spacial score (nSPS) is 12.5. The lowest BCUT2D eigenvalue weighted by atomic mass is 10.2. The molecule has 0 saturated carbocycles. The second-order valence-electron chi connectivity index (χ2n) is 3.00. The maximum Gasteiger partial charge on any atom is 0.332 e. The zero-order chi connectivity index (χ0) is 11.4. The summed E-state index contributed by atoms with van der Waals surface area (Å²) in [6.07, 6.45) is -0.903. The Morgan fingerprint density at radius 1 is 1.67 bits per heavy atom. The molecule has 0 aliphatic carbocycles. The molecule has 1 rings (SSSR count). The van der Waals surface area contributed by atoms with Crippen LogP contribution in [0.2, 0.25) is 0 Å². The molecule has 5 heteroatoms. The summed E-state index contributed by atoms with van der Waals surface area (Å²) in [5.74, 6) is -1.43. The number of benzene rings is 1. The third-order valence-electron chi connectivity index (χ3n) is 1.87. The van der Waals surface area contributed by atoms with Crippen LogP contribution in [0.1, 0.15) is 12.5 Å². The van der Waals surface area contributed by atoms with Crippen molar-refractivity contribution in [3.63, 3.8) is 0 Å². The van der Waals surface area contributed by atoms with E-state index in [1.807, 2.05) is 0 Å². The van der Waals surface area contributed by atoms with Crippen LogP contribution in [0.4, 0.5) is 4.39 Å². The second-order valence-corrected chi connectivity index (χ2v) is 3.80. The van der Waals surface area contributed by atoms with Crippen molar-refractivity contribution >= 4 is 21.9 Å². The number of hydrogen-bond donors (Lipinski definition) is 1. The number of ether oxygens (including phenoxy) is 1. The van der Waals surface area contributed by atoms with Gasteiger partial charge in [-0.2, -0.15) is 0 Å². The van der Waals surface area contributed by atoms with Crippen LogP contribution in [0.5, 0.6) is 0 Å². The lowest BCUT2D eigenvalue weighted by Crippen LogP contribution is -2.19.